The SMILES string of the molecule is COCC(CCO)NC(=O)c1cc([N+](=O)[O-])cnc1Cl. The van der Waals surface area contributed by atoms with Crippen LogP contribution in [0.1, 0.15) is 16.8 Å². The number of aliphatic hydroxyl groups excluding tert-OH is 1. The molecule has 0 saturated heterocycles. The highest BCUT2D eigenvalue weighted by atomic mass is 35.5. The van der Waals surface area contributed by atoms with Gasteiger partial charge in [0.2, 0.25) is 0 Å². The second kappa shape index (κ2) is 7.73. The number of methoxy groups -OCH3 is 1. The van der Waals surface area contributed by atoms with Gasteiger partial charge in [0.25, 0.3) is 11.6 Å². The molecule has 0 spiro atoms. The molecule has 9 heteroatoms. The van der Waals surface area contributed by atoms with Crippen LogP contribution >= 0.6 is 11.6 Å². The highest BCUT2D eigenvalue weighted by Gasteiger charge is 2.19. The second-order valence-corrected chi connectivity index (χ2v) is 4.29. The number of nitrogens with one attached hydrogen (secondary N) is 1. The van der Waals surface area contributed by atoms with E-state index < -0.39 is 16.9 Å². The minimum absolute atomic E-state index is 0.0973. The molecule has 0 saturated carbocycles. The van der Waals surface area contributed by atoms with Crippen LogP contribution in [0.5, 0.6) is 0 Å². The molecule has 1 amide bonds. The Bertz CT molecular complexity index is 491. The van der Waals surface area contributed by atoms with Crippen LogP contribution in [0.2, 0.25) is 5.15 Å². The van der Waals surface area contributed by atoms with Gasteiger partial charge >= 0.3 is 0 Å². The smallest absolute Gasteiger partial charge is 0.288 e. The summed E-state index contributed by atoms with van der Waals surface area (Å²) in [5.41, 5.74) is -0.426. The quantitative estimate of drug-likeness (QED) is 0.437. The molecule has 0 aliphatic carbocycles. The zero-order valence-electron chi connectivity index (χ0n) is 10.7. The van der Waals surface area contributed by atoms with Gasteiger partial charge in [0.1, 0.15) is 11.3 Å². The Kier molecular flexibility index (Phi) is 6.29. The minimum Gasteiger partial charge on any atom is -0.396 e. The molecule has 1 heterocycles. The van der Waals surface area contributed by atoms with Crippen LogP contribution in [-0.4, -0.2) is 47.3 Å². The minimum atomic E-state index is -0.666. The summed E-state index contributed by atoms with van der Waals surface area (Å²) < 4.78 is 4.90. The number of amides is 1. The van der Waals surface area contributed by atoms with E-state index in [1.54, 1.807) is 0 Å². The summed E-state index contributed by atoms with van der Waals surface area (Å²) in [6, 6.07) is 0.626. The Morgan fingerprint density at radius 2 is 2.40 bits per heavy atom. The number of pyridine rings is 1. The number of nitrogens with zero attached hydrogens (tertiary/aromatic N) is 2. The Labute approximate surface area is 119 Å². The Morgan fingerprint density at radius 3 is 2.95 bits per heavy atom. The van der Waals surface area contributed by atoms with Crippen LogP contribution in [0, 0.1) is 10.1 Å². The number of aliphatic hydroxyl groups is 1. The van der Waals surface area contributed by atoms with Crippen LogP contribution in [0.4, 0.5) is 5.69 Å². The van der Waals surface area contributed by atoms with Crippen molar-refractivity contribution in [3.63, 3.8) is 0 Å². The maximum atomic E-state index is 12.0. The molecule has 8 nitrogen and oxygen atoms in total. The molecule has 0 bridgehead atoms. The van der Waals surface area contributed by atoms with E-state index in [0.29, 0.717) is 6.42 Å². The summed E-state index contributed by atoms with van der Waals surface area (Å²) in [5, 5.41) is 22.0. The molecule has 0 aromatic carbocycles. The lowest BCUT2D eigenvalue weighted by Crippen LogP contribution is -2.38. The highest BCUT2D eigenvalue weighted by Crippen LogP contribution is 2.19. The van der Waals surface area contributed by atoms with E-state index in [2.05, 4.69) is 10.3 Å². The van der Waals surface area contributed by atoms with Gasteiger partial charge in [-0.15, -0.1) is 0 Å². The van der Waals surface area contributed by atoms with Gasteiger partial charge in [0.15, 0.2) is 0 Å². The third kappa shape index (κ3) is 4.41. The van der Waals surface area contributed by atoms with E-state index >= 15 is 0 Å². The van der Waals surface area contributed by atoms with Gasteiger partial charge in [-0.05, 0) is 6.42 Å². The molecule has 1 atom stereocenters. The summed E-state index contributed by atoms with van der Waals surface area (Å²) in [7, 11) is 1.46. The molecule has 1 aromatic rings. The van der Waals surface area contributed by atoms with Gasteiger partial charge in [-0.25, -0.2) is 4.98 Å². The van der Waals surface area contributed by atoms with Gasteiger partial charge in [0, 0.05) is 19.8 Å². The normalized spacial score (nSPS) is 11.9. The number of ether oxygens (including phenoxy) is 1. The molecule has 1 rings (SSSR count). The molecule has 110 valence electrons. The number of nitro groups is 1. The second-order valence-electron chi connectivity index (χ2n) is 3.93. The number of halogens is 1. The van der Waals surface area contributed by atoms with E-state index in [1.807, 2.05) is 0 Å². The largest absolute Gasteiger partial charge is 0.396 e. The molecule has 0 aliphatic heterocycles. The van der Waals surface area contributed by atoms with E-state index in [9.17, 15) is 14.9 Å². The number of carbonyl (C=O) groups is 1. The lowest BCUT2D eigenvalue weighted by atomic mass is 10.2. The van der Waals surface area contributed by atoms with Crippen molar-refractivity contribution in [1.82, 2.24) is 10.3 Å². The van der Waals surface area contributed by atoms with Gasteiger partial charge in [-0.2, -0.15) is 0 Å². The molecular weight excluding hydrogens is 290 g/mol. The fraction of sp³-hybridized carbons (Fsp3) is 0.455. The molecule has 0 radical (unpaired) electrons. The summed E-state index contributed by atoms with van der Waals surface area (Å²) >= 11 is 5.76. The molecular formula is C11H14ClN3O5. The van der Waals surface area contributed by atoms with Crippen LogP contribution in [-0.2, 0) is 4.74 Å². The molecule has 1 aromatic heterocycles. The van der Waals surface area contributed by atoms with Gasteiger partial charge in [0.05, 0.1) is 23.1 Å². The maximum Gasteiger partial charge on any atom is 0.288 e. The first-order chi connectivity index (χ1) is 9.49. The van der Waals surface area contributed by atoms with Crippen molar-refractivity contribution in [3.8, 4) is 0 Å². The Morgan fingerprint density at radius 1 is 1.70 bits per heavy atom. The predicted molar refractivity (Wildman–Crippen MR) is 70.7 cm³/mol. The van der Waals surface area contributed by atoms with E-state index in [4.69, 9.17) is 21.4 Å². The zero-order valence-corrected chi connectivity index (χ0v) is 11.5. The topological polar surface area (TPSA) is 115 Å². The van der Waals surface area contributed by atoms with Crippen molar-refractivity contribution < 1.29 is 19.6 Å². The highest BCUT2D eigenvalue weighted by molar-refractivity contribution is 6.32. The summed E-state index contributed by atoms with van der Waals surface area (Å²) in [4.78, 5) is 25.6. The zero-order chi connectivity index (χ0) is 15.1. The number of hydrogen-bond donors (Lipinski definition) is 2. The summed E-state index contributed by atoms with van der Waals surface area (Å²) in [6.45, 7) is 0.0709. The third-order valence-corrected chi connectivity index (χ3v) is 2.76. The Hall–Kier alpha value is -1.77. The number of aromatic nitrogens is 1. The first kappa shape index (κ1) is 16.3. The molecule has 0 aliphatic rings. The van der Waals surface area contributed by atoms with Gasteiger partial charge in [-0.3, -0.25) is 14.9 Å². The standard InChI is InChI=1S/C11H14ClN3O5/c1-20-6-7(2-3-16)14-11(17)9-4-8(15(18)19)5-13-10(9)12/h4-5,7,16H,2-3,6H2,1H3,(H,14,17). The van der Waals surface area contributed by atoms with Crippen molar-refractivity contribution in [2.24, 2.45) is 0 Å². The monoisotopic (exact) mass is 303 g/mol. The number of rotatable bonds is 7. The third-order valence-electron chi connectivity index (χ3n) is 2.46. The van der Waals surface area contributed by atoms with E-state index in [0.717, 1.165) is 12.3 Å². The van der Waals surface area contributed by atoms with Crippen molar-refractivity contribution in [2.45, 2.75) is 12.5 Å². The first-order valence-corrected chi connectivity index (χ1v) is 6.08. The lowest BCUT2D eigenvalue weighted by molar-refractivity contribution is -0.385. The summed E-state index contributed by atoms with van der Waals surface area (Å²) in [5.74, 6) is -0.610. The molecule has 2 N–H and O–H groups in total. The fourth-order valence-electron chi connectivity index (χ4n) is 1.51. The van der Waals surface area contributed by atoms with Crippen molar-refractivity contribution in [1.29, 1.82) is 0 Å². The van der Waals surface area contributed by atoms with Crippen LogP contribution in [0.3, 0.4) is 0 Å². The van der Waals surface area contributed by atoms with Crippen molar-refractivity contribution in [2.75, 3.05) is 20.3 Å². The average Bonchev–Trinajstić information content (AvgIpc) is 2.39. The van der Waals surface area contributed by atoms with Gasteiger partial charge < -0.3 is 15.2 Å². The summed E-state index contributed by atoms with van der Waals surface area (Å²) in [6.07, 6.45) is 1.26. The lowest BCUT2D eigenvalue weighted by Gasteiger charge is -2.16. The van der Waals surface area contributed by atoms with E-state index in [-0.39, 0.29) is 29.6 Å². The average molecular weight is 304 g/mol. The predicted octanol–water partition coefficient (Wildman–Crippen LogP) is 0.770. The molecule has 20 heavy (non-hydrogen) atoms. The maximum absolute atomic E-state index is 12.0. The van der Waals surface area contributed by atoms with Crippen molar-refractivity contribution in [3.05, 3.63) is 33.1 Å². The first-order valence-electron chi connectivity index (χ1n) is 5.70. The van der Waals surface area contributed by atoms with Crippen LogP contribution in [0.25, 0.3) is 0 Å². The van der Waals surface area contributed by atoms with Crippen LogP contribution < -0.4 is 5.32 Å². The molecule has 0 fully saturated rings. The molecule has 1 unspecified atom stereocenters. The van der Waals surface area contributed by atoms with Crippen LogP contribution in [0.15, 0.2) is 12.3 Å². The Balaban J connectivity index is 2.90. The fourth-order valence-corrected chi connectivity index (χ4v) is 1.70. The van der Waals surface area contributed by atoms with Gasteiger partial charge in [-0.1, -0.05) is 11.6 Å². The number of carbonyl (C=O) groups excluding carboxylic acids is 1. The van der Waals surface area contributed by atoms with E-state index in [1.165, 1.54) is 7.11 Å². The van der Waals surface area contributed by atoms with Crippen molar-refractivity contribution >= 4 is 23.2 Å². The number of hydrogen-bond acceptors (Lipinski definition) is 6.